The minimum atomic E-state index is -0.827. The first-order valence-corrected chi connectivity index (χ1v) is 20.6. The maximum absolute atomic E-state index is 13.1. The molecule has 0 unspecified atom stereocenters. The number of carbonyl (C=O) groups is 1. The van der Waals surface area contributed by atoms with Crippen molar-refractivity contribution < 1.29 is 47.7 Å². The van der Waals surface area contributed by atoms with Gasteiger partial charge in [-0.1, -0.05) is 80.9 Å². The summed E-state index contributed by atoms with van der Waals surface area (Å²) in [6.07, 6.45) is 6.48. The van der Waals surface area contributed by atoms with Gasteiger partial charge in [0, 0.05) is 18.8 Å². The summed E-state index contributed by atoms with van der Waals surface area (Å²) in [5.74, 6) is 0.0718. The summed E-state index contributed by atoms with van der Waals surface area (Å²) in [5, 5.41) is 0. The Kier molecular flexibility index (Phi) is 13.1. The Bertz CT molecular complexity index is 1480. The molecule has 6 aliphatic rings. The van der Waals surface area contributed by atoms with Crippen LogP contribution in [-0.4, -0.2) is 67.1 Å². The zero-order valence-corrected chi connectivity index (χ0v) is 32.9. The van der Waals surface area contributed by atoms with Gasteiger partial charge in [0.1, 0.15) is 6.10 Å². The number of hydrogen-bond donors (Lipinski definition) is 0. The molecule has 1 saturated carbocycles. The number of benzene rings is 2. The second-order valence-corrected chi connectivity index (χ2v) is 16.8. The molecule has 5 heterocycles. The molecule has 0 radical (unpaired) electrons. The van der Waals surface area contributed by atoms with E-state index < -0.39 is 24.0 Å². The van der Waals surface area contributed by atoms with Gasteiger partial charge < -0.3 is 33.2 Å². The summed E-state index contributed by atoms with van der Waals surface area (Å²) in [7, 11) is 0. The molecule has 2 bridgehead atoms. The average Bonchev–Trinajstić information content (AvgIpc) is 3.40. The normalized spacial score (nSPS) is 37.9. The standard InChI is InChI=1S/C44H62O10/c1-29-20-21-36-31(3)37(51-42-44(36)35(29)22-23-43(5,52-42)53-54-44)26-40(45)46-24-14-8-9-15-30(2)49-41-39(48-28-34-18-12-7-13-19-34)25-38(32(4)50-41)47-27-33-16-10-6-11-17-33/h6-7,10-13,16-19,29-32,35-39,41-42H,8-9,14-15,20-28H2,1-5H3/t29-,30-,31-,32+,35+,36+,37-,38-,39-,41-,42-,43-,44-/m1/s1. The number of carbonyl (C=O) groups excluding carboxylic acids is 1. The van der Waals surface area contributed by atoms with E-state index in [-0.39, 0.29) is 54.7 Å². The van der Waals surface area contributed by atoms with Crippen molar-refractivity contribution >= 4 is 5.97 Å². The molecule has 13 atom stereocenters. The predicted octanol–water partition coefficient (Wildman–Crippen LogP) is 8.44. The minimum absolute atomic E-state index is 0.0249. The molecular weight excluding hydrogens is 688 g/mol. The molecule has 10 heteroatoms. The van der Waals surface area contributed by atoms with Gasteiger partial charge in [0.05, 0.1) is 50.7 Å². The summed E-state index contributed by atoms with van der Waals surface area (Å²) in [5.41, 5.74) is 1.62. The number of esters is 1. The van der Waals surface area contributed by atoms with Crippen LogP contribution in [0.3, 0.4) is 0 Å². The number of fused-ring (bicyclic) bond motifs is 2. The lowest BCUT2D eigenvalue weighted by Crippen LogP contribution is -2.70. The molecule has 5 aliphatic heterocycles. The first kappa shape index (κ1) is 39.8. The highest BCUT2D eigenvalue weighted by atomic mass is 17.3. The third-order valence-electron chi connectivity index (χ3n) is 12.8. The summed E-state index contributed by atoms with van der Waals surface area (Å²) in [4.78, 5) is 25.2. The molecular formula is C44H62O10. The van der Waals surface area contributed by atoms with Gasteiger partial charge in [0.2, 0.25) is 5.79 Å². The summed E-state index contributed by atoms with van der Waals surface area (Å²) >= 11 is 0. The van der Waals surface area contributed by atoms with Gasteiger partial charge in [-0.05, 0) is 88.2 Å². The maximum Gasteiger partial charge on any atom is 0.308 e. The maximum atomic E-state index is 13.1. The highest BCUT2D eigenvalue weighted by molar-refractivity contribution is 5.70. The van der Waals surface area contributed by atoms with E-state index in [1.807, 2.05) is 50.2 Å². The van der Waals surface area contributed by atoms with Gasteiger partial charge in [0.15, 0.2) is 18.2 Å². The molecule has 2 aromatic carbocycles. The Morgan fingerprint density at radius 1 is 0.833 bits per heavy atom. The lowest BCUT2D eigenvalue weighted by molar-refractivity contribution is -0.571. The van der Waals surface area contributed by atoms with Gasteiger partial charge in [-0.2, -0.15) is 0 Å². The van der Waals surface area contributed by atoms with Gasteiger partial charge in [-0.25, -0.2) is 9.78 Å². The van der Waals surface area contributed by atoms with Gasteiger partial charge >= 0.3 is 5.97 Å². The van der Waals surface area contributed by atoms with Crippen LogP contribution < -0.4 is 0 Å². The summed E-state index contributed by atoms with van der Waals surface area (Å²) < 4.78 is 44.4. The van der Waals surface area contributed by atoms with Crippen molar-refractivity contribution in [1.82, 2.24) is 0 Å². The highest BCUT2D eigenvalue weighted by Gasteiger charge is 2.69. The molecule has 5 saturated heterocycles. The Balaban J connectivity index is 0.836. The first-order valence-electron chi connectivity index (χ1n) is 20.6. The SMILES string of the molecule is C[C@H]1[C@@H](CC(=O)OCCCCC[C@@H](C)O[C@@H]2O[C@@H](C)[C@H](OCc3ccccc3)C[C@H]2OCc2ccccc2)O[C@@H]2O[C@@]3(C)CC[C@H]4[C@H](C)CC[C@@H]1[C@@]24OO3. The lowest BCUT2D eigenvalue weighted by Gasteiger charge is -2.60. The molecule has 298 valence electrons. The Morgan fingerprint density at radius 3 is 2.26 bits per heavy atom. The van der Waals surface area contributed by atoms with Crippen molar-refractivity contribution in [2.45, 2.75) is 167 Å². The second kappa shape index (κ2) is 17.8. The number of ether oxygens (including phenoxy) is 7. The monoisotopic (exact) mass is 750 g/mol. The molecule has 8 rings (SSSR count). The third-order valence-corrected chi connectivity index (χ3v) is 12.8. The minimum Gasteiger partial charge on any atom is -0.466 e. The number of hydrogen-bond acceptors (Lipinski definition) is 10. The molecule has 1 spiro atoms. The lowest BCUT2D eigenvalue weighted by atomic mass is 9.57. The van der Waals surface area contributed by atoms with Gasteiger partial charge in [0.25, 0.3) is 0 Å². The fourth-order valence-electron chi connectivity index (χ4n) is 9.57. The first-order chi connectivity index (χ1) is 26.1. The molecule has 0 amide bonds. The van der Waals surface area contributed by atoms with Crippen LogP contribution in [0.4, 0.5) is 0 Å². The summed E-state index contributed by atoms with van der Waals surface area (Å²) in [6, 6.07) is 20.4. The smallest absolute Gasteiger partial charge is 0.308 e. The van der Waals surface area contributed by atoms with Crippen molar-refractivity contribution in [2.24, 2.45) is 23.7 Å². The van der Waals surface area contributed by atoms with E-state index in [1.54, 1.807) is 0 Å². The van der Waals surface area contributed by atoms with Gasteiger partial charge in [-0.15, -0.1) is 0 Å². The van der Waals surface area contributed by atoms with Crippen LogP contribution in [0, 0.1) is 23.7 Å². The average molecular weight is 751 g/mol. The fourth-order valence-corrected chi connectivity index (χ4v) is 9.57. The topological polar surface area (TPSA) is 100 Å². The van der Waals surface area contributed by atoms with E-state index in [1.165, 1.54) is 0 Å². The van der Waals surface area contributed by atoms with Crippen LogP contribution in [0.25, 0.3) is 0 Å². The van der Waals surface area contributed by atoms with E-state index in [0.29, 0.717) is 38.1 Å². The zero-order valence-electron chi connectivity index (χ0n) is 32.9. The highest BCUT2D eigenvalue weighted by Crippen LogP contribution is 2.60. The van der Waals surface area contributed by atoms with Crippen LogP contribution in [0.15, 0.2) is 60.7 Å². The number of unbranched alkanes of at least 4 members (excludes halogenated alkanes) is 2. The second-order valence-electron chi connectivity index (χ2n) is 16.8. The van der Waals surface area contributed by atoms with E-state index >= 15 is 0 Å². The third kappa shape index (κ3) is 9.07. The van der Waals surface area contributed by atoms with E-state index in [2.05, 4.69) is 45.0 Å². The molecule has 2 aromatic rings. The molecule has 1 aliphatic carbocycles. The van der Waals surface area contributed by atoms with E-state index in [0.717, 1.165) is 62.5 Å². The molecule has 6 fully saturated rings. The van der Waals surface area contributed by atoms with Crippen molar-refractivity contribution in [3.05, 3.63) is 71.8 Å². The Labute approximate surface area is 321 Å². The fraction of sp³-hybridized carbons (Fsp3) is 0.705. The predicted molar refractivity (Wildman–Crippen MR) is 200 cm³/mol. The quantitative estimate of drug-likeness (QED) is 0.0945. The molecule has 10 nitrogen and oxygen atoms in total. The van der Waals surface area contributed by atoms with Crippen LogP contribution in [-0.2, 0) is 60.9 Å². The molecule has 54 heavy (non-hydrogen) atoms. The van der Waals surface area contributed by atoms with Gasteiger partial charge in [-0.3, -0.25) is 4.79 Å². The van der Waals surface area contributed by atoms with Crippen molar-refractivity contribution in [3.8, 4) is 0 Å². The Hall–Kier alpha value is -2.41. The Morgan fingerprint density at radius 2 is 1.54 bits per heavy atom. The van der Waals surface area contributed by atoms with Crippen LogP contribution in [0.5, 0.6) is 0 Å². The van der Waals surface area contributed by atoms with Crippen molar-refractivity contribution in [1.29, 1.82) is 0 Å². The van der Waals surface area contributed by atoms with Crippen molar-refractivity contribution in [3.63, 3.8) is 0 Å². The van der Waals surface area contributed by atoms with E-state index in [9.17, 15) is 4.79 Å². The molecule has 0 N–H and O–H groups in total. The van der Waals surface area contributed by atoms with Crippen LogP contribution in [0.1, 0.15) is 110 Å². The van der Waals surface area contributed by atoms with Crippen LogP contribution >= 0.6 is 0 Å². The largest absolute Gasteiger partial charge is 0.466 e. The number of rotatable bonds is 16. The van der Waals surface area contributed by atoms with E-state index in [4.69, 9.17) is 42.9 Å². The van der Waals surface area contributed by atoms with Crippen LogP contribution in [0.2, 0.25) is 0 Å². The van der Waals surface area contributed by atoms with Crippen molar-refractivity contribution in [2.75, 3.05) is 6.61 Å². The molecule has 0 aromatic heterocycles. The zero-order chi connectivity index (χ0) is 37.7. The summed E-state index contributed by atoms with van der Waals surface area (Å²) in [6.45, 7) is 11.9.